The number of rotatable bonds is 2. The number of hydrogen-bond acceptors (Lipinski definition) is 3. The first-order valence-corrected chi connectivity index (χ1v) is 5.26. The highest BCUT2D eigenvalue weighted by molar-refractivity contribution is 7.12. The van der Waals surface area contributed by atoms with Gasteiger partial charge in [-0.05, 0) is 17.5 Å². The van der Waals surface area contributed by atoms with Crippen molar-refractivity contribution in [1.82, 2.24) is 0 Å². The van der Waals surface area contributed by atoms with Crippen LogP contribution in [0.4, 0.5) is 0 Å². The molecule has 0 unspecified atom stereocenters. The zero-order chi connectivity index (χ0) is 10.8. The Morgan fingerprint density at radius 2 is 2.14 bits per heavy atom. The lowest BCUT2D eigenvalue weighted by Crippen LogP contribution is -2.07. The van der Waals surface area contributed by atoms with E-state index in [2.05, 4.69) is 20.8 Å². The molecule has 14 heavy (non-hydrogen) atoms. The Kier molecular flexibility index (Phi) is 3.07. The molecule has 1 aromatic heterocycles. The second-order valence-corrected chi connectivity index (χ2v) is 5.31. The van der Waals surface area contributed by atoms with Crippen LogP contribution in [0, 0.1) is 11.3 Å². The molecular formula is C11H13NOS. The predicted molar refractivity (Wildman–Crippen MR) is 57.4 cm³/mol. The first-order valence-electron chi connectivity index (χ1n) is 4.44. The third kappa shape index (κ3) is 2.21. The number of nitrogens with zero attached hydrogens (tertiary/aromatic N) is 1. The average Bonchev–Trinajstić information content (AvgIpc) is 2.54. The van der Waals surface area contributed by atoms with E-state index in [9.17, 15) is 4.79 Å². The number of aldehydes is 1. The highest BCUT2D eigenvalue weighted by atomic mass is 32.1. The molecule has 1 heterocycles. The Labute approximate surface area is 88.2 Å². The van der Waals surface area contributed by atoms with Crippen molar-refractivity contribution in [2.75, 3.05) is 0 Å². The topological polar surface area (TPSA) is 40.9 Å². The number of carbonyl (C=O) groups excluding carboxylic acids is 1. The zero-order valence-electron chi connectivity index (χ0n) is 8.57. The summed E-state index contributed by atoms with van der Waals surface area (Å²) in [7, 11) is 0. The van der Waals surface area contributed by atoms with Crippen LogP contribution >= 0.6 is 11.3 Å². The summed E-state index contributed by atoms with van der Waals surface area (Å²) in [4.78, 5) is 12.6. The summed E-state index contributed by atoms with van der Waals surface area (Å²) < 4.78 is 0. The molecule has 0 bridgehead atoms. The second-order valence-electron chi connectivity index (χ2n) is 4.19. The van der Waals surface area contributed by atoms with Crippen LogP contribution < -0.4 is 0 Å². The summed E-state index contributed by atoms with van der Waals surface area (Å²) in [5, 5.41) is 8.72. The molecule has 0 saturated heterocycles. The van der Waals surface area contributed by atoms with Crippen LogP contribution in [0.5, 0.6) is 0 Å². The Hall–Kier alpha value is -1.14. The maximum absolute atomic E-state index is 10.6. The minimum Gasteiger partial charge on any atom is -0.302 e. The first kappa shape index (κ1) is 10.9. The molecule has 0 amide bonds. The molecule has 2 nitrogen and oxygen atoms in total. The van der Waals surface area contributed by atoms with Crippen LogP contribution in [0.25, 0.3) is 0 Å². The maximum Gasteiger partial charge on any atom is 0.142 e. The number of nitriles is 1. The molecule has 0 fully saturated rings. The normalized spacial score (nSPS) is 13.3. The van der Waals surface area contributed by atoms with E-state index >= 15 is 0 Å². The van der Waals surface area contributed by atoms with Crippen LogP contribution in [0.15, 0.2) is 12.1 Å². The van der Waals surface area contributed by atoms with Crippen LogP contribution in [0.1, 0.15) is 36.4 Å². The largest absolute Gasteiger partial charge is 0.302 e. The van der Waals surface area contributed by atoms with Gasteiger partial charge in [0.1, 0.15) is 12.2 Å². The van der Waals surface area contributed by atoms with E-state index in [1.807, 2.05) is 18.2 Å². The van der Waals surface area contributed by atoms with E-state index in [1.165, 1.54) is 4.88 Å². The van der Waals surface area contributed by atoms with Gasteiger partial charge in [-0.25, -0.2) is 0 Å². The van der Waals surface area contributed by atoms with Crippen molar-refractivity contribution >= 4 is 17.6 Å². The highest BCUT2D eigenvalue weighted by Crippen LogP contribution is 2.32. The first-order chi connectivity index (χ1) is 6.49. The van der Waals surface area contributed by atoms with Gasteiger partial charge in [-0.1, -0.05) is 20.8 Å². The van der Waals surface area contributed by atoms with Gasteiger partial charge in [-0.3, -0.25) is 0 Å². The molecule has 0 aromatic carbocycles. The summed E-state index contributed by atoms with van der Waals surface area (Å²) in [6.07, 6.45) is 0.693. The summed E-state index contributed by atoms with van der Waals surface area (Å²) >= 11 is 1.54. The molecular weight excluding hydrogens is 194 g/mol. The van der Waals surface area contributed by atoms with Gasteiger partial charge in [0, 0.05) is 9.75 Å². The van der Waals surface area contributed by atoms with Gasteiger partial charge < -0.3 is 4.79 Å². The molecule has 1 atom stereocenters. The summed E-state index contributed by atoms with van der Waals surface area (Å²) in [5.74, 6) is -0.601. The molecule has 74 valence electrons. The quantitative estimate of drug-likeness (QED) is 0.700. The molecule has 1 aromatic rings. The van der Waals surface area contributed by atoms with Gasteiger partial charge in [0.25, 0.3) is 0 Å². The molecule has 0 aliphatic rings. The van der Waals surface area contributed by atoms with E-state index in [-0.39, 0.29) is 5.41 Å². The van der Waals surface area contributed by atoms with Crippen LogP contribution in [0.2, 0.25) is 0 Å². The van der Waals surface area contributed by atoms with Crippen LogP contribution in [-0.2, 0) is 10.2 Å². The van der Waals surface area contributed by atoms with Crippen LogP contribution in [-0.4, -0.2) is 6.29 Å². The van der Waals surface area contributed by atoms with E-state index in [1.54, 1.807) is 11.3 Å². The summed E-state index contributed by atoms with van der Waals surface area (Å²) in [6, 6.07) is 5.84. The molecule has 0 aliphatic heterocycles. The lowest BCUT2D eigenvalue weighted by atomic mass is 9.95. The second kappa shape index (κ2) is 3.93. The van der Waals surface area contributed by atoms with E-state index in [0.29, 0.717) is 6.29 Å². The number of carbonyl (C=O) groups is 1. The van der Waals surface area contributed by atoms with E-state index in [0.717, 1.165) is 4.88 Å². The molecule has 0 radical (unpaired) electrons. The van der Waals surface area contributed by atoms with Crippen molar-refractivity contribution in [2.45, 2.75) is 32.1 Å². The van der Waals surface area contributed by atoms with Gasteiger partial charge in [0.15, 0.2) is 0 Å². The Bertz CT molecular complexity index is 367. The fourth-order valence-electron chi connectivity index (χ4n) is 1.08. The van der Waals surface area contributed by atoms with Gasteiger partial charge in [0.2, 0.25) is 0 Å². The van der Waals surface area contributed by atoms with E-state index in [4.69, 9.17) is 5.26 Å². The summed E-state index contributed by atoms with van der Waals surface area (Å²) in [5.41, 5.74) is 0.0891. The lowest BCUT2D eigenvalue weighted by molar-refractivity contribution is -0.108. The molecule has 0 aliphatic carbocycles. The predicted octanol–water partition coefficient (Wildman–Crippen LogP) is 2.85. The molecule has 0 saturated carbocycles. The zero-order valence-corrected chi connectivity index (χ0v) is 9.39. The van der Waals surface area contributed by atoms with Crippen molar-refractivity contribution in [3.63, 3.8) is 0 Å². The molecule has 3 heteroatoms. The van der Waals surface area contributed by atoms with Crippen molar-refractivity contribution < 1.29 is 4.79 Å². The minimum absolute atomic E-state index is 0.0891. The Morgan fingerprint density at radius 3 is 2.50 bits per heavy atom. The van der Waals surface area contributed by atoms with Crippen molar-refractivity contribution in [1.29, 1.82) is 5.26 Å². The fourth-order valence-corrected chi connectivity index (χ4v) is 2.15. The Morgan fingerprint density at radius 1 is 1.50 bits per heavy atom. The van der Waals surface area contributed by atoms with Gasteiger partial charge in [-0.2, -0.15) is 5.26 Å². The number of thiophene rings is 1. The summed E-state index contributed by atoms with van der Waals surface area (Å²) in [6.45, 7) is 6.35. The molecule has 1 rings (SSSR count). The number of hydrogen-bond donors (Lipinski definition) is 0. The molecule has 0 spiro atoms. The fraction of sp³-hybridized carbons (Fsp3) is 0.455. The smallest absolute Gasteiger partial charge is 0.142 e. The van der Waals surface area contributed by atoms with Crippen LogP contribution in [0.3, 0.4) is 0 Å². The maximum atomic E-state index is 10.6. The third-order valence-electron chi connectivity index (χ3n) is 1.95. The van der Waals surface area contributed by atoms with Gasteiger partial charge in [-0.15, -0.1) is 11.3 Å². The monoisotopic (exact) mass is 207 g/mol. The van der Waals surface area contributed by atoms with Gasteiger partial charge >= 0.3 is 0 Å². The van der Waals surface area contributed by atoms with Crippen molar-refractivity contribution in [3.8, 4) is 6.07 Å². The van der Waals surface area contributed by atoms with Gasteiger partial charge in [0.05, 0.1) is 6.07 Å². The lowest BCUT2D eigenvalue weighted by Gasteiger charge is -2.15. The standard InChI is InChI=1S/C11H13NOS/c1-11(2,3)10-5-4-9(14-10)8(6-12)7-13/h4-5,7-8H,1-3H3/t8-/m0/s1. The third-order valence-corrected chi connectivity index (χ3v) is 3.54. The minimum atomic E-state index is -0.601. The average molecular weight is 207 g/mol. The highest BCUT2D eigenvalue weighted by Gasteiger charge is 2.19. The molecule has 0 N–H and O–H groups in total. The van der Waals surface area contributed by atoms with Crippen molar-refractivity contribution in [3.05, 3.63) is 21.9 Å². The Balaban J connectivity index is 3.00. The van der Waals surface area contributed by atoms with E-state index < -0.39 is 5.92 Å². The van der Waals surface area contributed by atoms with Crippen molar-refractivity contribution in [2.24, 2.45) is 0 Å². The SMILES string of the molecule is CC(C)(C)c1ccc([C@@H](C#N)C=O)s1.